The van der Waals surface area contributed by atoms with E-state index >= 15 is 0 Å². The average Bonchev–Trinajstić information content (AvgIpc) is 3.11. The van der Waals surface area contributed by atoms with E-state index in [4.69, 9.17) is 5.14 Å². The average molecular weight is 378 g/mol. The van der Waals surface area contributed by atoms with Crippen molar-refractivity contribution in [3.05, 3.63) is 34.0 Å². The molecule has 3 rings (SSSR count). The van der Waals surface area contributed by atoms with Crippen LogP contribution in [0.15, 0.2) is 16.3 Å². The maximum atomic E-state index is 12.2. The summed E-state index contributed by atoms with van der Waals surface area (Å²) in [5.41, 5.74) is 2.25. The number of sulfonamides is 1. The van der Waals surface area contributed by atoms with E-state index < -0.39 is 10.0 Å². The number of nitrogens with zero attached hydrogens (tertiary/aromatic N) is 1. The van der Waals surface area contributed by atoms with Crippen LogP contribution in [0.2, 0.25) is 0 Å². The second kappa shape index (κ2) is 6.97. The van der Waals surface area contributed by atoms with Gasteiger partial charge in [-0.15, -0.1) is 23.7 Å². The molecule has 0 saturated carbocycles. The Morgan fingerprint density at radius 2 is 2.22 bits per heavy atom. The lowest BCUT2D eigenvalue weighted by Crippen LogP contribution is -2.28. The molecule has 0 atom stereocenters. The van der Waals surface area contributed by atoms with Crippen molar-refractivity contribution in [2.24, 2.45) is 5.14 Å². The smallest absolute Gasteiger partial charge is 0.272 e. The van der Waals surface area contributed by atoms with Crippen molar-refractivity contribution in [2.45, 2.75) is 23.7 Å². The summed E-state index contributed by atoms with van der Waals surface area (Å²) in [6.07, 6.45) is 0.818. The Bertz CT molecular complexity index is 815. The third kappa shape index (κ3) is 3.90. The number of primary sulfonamides is 1. The van der Waals surface area contributed by atoms with Crippen molar-refractivity contribution in [1.82, 2.24) is 20.8 Å². The van der Waals surface area contributed by atoms with E-state index in [-0.39, 0.29) is 29.1 Å². The number of halogens is 1. The van der Waals surface area contributed by atoms with Gasteiger partial charge in [0.25, 0.3) is 5.91 Å². The van der Waals surface area contributed by atoms with Gasteiger partial charge in [0.1, 0.15) is 4.21 Å². The van der Waals surface area contributed by atoms with E-state index in [2.05, 4.69) is 20.8 Å². The lowest BCUT2D eigenvalue weighted by molar-refractivity contribution is 0.0945. The Labute approximate surface area is 143 Å². The number of thiophene rings is 1. The van der Waals surface area contributed by atoms with Gasteiger partial charge in [0.2, 0.25) is 10.0 Å². The van der Waals surface area contributed by atoms with Gasteiger partial charge in [-0.1, -0.05) is 0 Å². The number of hydrogen-bond acceptors (Lipinski definition) is 6. The number of rotatable bonds is 4. The third-order valence-corrected chi connectivity index (χ3v) is 5.89. The summed E-state index contributed by atoms with van der Waals surface area (Å²) in [7, 11) is -3.70. The first-order valence-corrected chi connectivity index (χ1v) is 8.98. The normalized spacial score (nSPS) is 14.0. The fourth-order valence-corrected chi connectivity index (χ4v) is 3.99. The molecule has 0 fully saturated rings. The maximum Gasteiger partial charge on any atom is 0.272 e. The van der Waals surface area contributed by atoms with Crippen LogP contribution in [-0.4, -0.2) is 31.1 Å². The molecule has 0 bridgehead atoms. The van der Waals surface area contributed by atoms with Gasteiger partial charge in [0, 0.05) is 35.6 Å². The number of nitrogens with two attached hydrogens (primary N) is 1. The standard InChI is InChI=1S/C12H15N5O3S2.ClH/c13-22(19,20)10-2-1-7(21-10)5-15-12(18)11-8-6-14-4-3-9(8)16-17-11;/h1-2,14H,3-6H2,(H,15,18)(H,16,17)(H2,13,19,20);1H. The molecule has 0 aromatic carbocycles. The van der Waals surface area contributed by atoms with Crippen molar-refractivity contribution in [2.75, 3.05) is 6.54 Å². The third-order valence-electron chi connectivity index (χ3n) is 3.36. The predicted octanol–water partition coefficient (Wildman–Crippen LogP) is 0.116. The minimum Gasteiger partial charge on any atom is -0.346 e. The SMILES string of the molecule is Cl.NS(=O)(=O)c1ccc(CNC(=O)c2n[nH]c3c2CNCC3)s1. The van der Waals surface area contributed by atoms with Gasteiger partial charge in [-0.25, -0.2) is 13.6 Å². The highest BCUT2D eigenvalue weighted by molar-refractivity contribution is 7.91. The van der Waals surface area contributed by atoms with E-state index in [1.165, 1.54) is 6.07 Å². The summed E-state index contributed by atoms with van der Waals surface area (Å²) in [5.74, 6) is -0.285. The van der Waals surface area contributed by atoms with Crippen LogP contribution in [0.1, 0.15) is 26.6 Å². The first kappa shape index (κ1) is 17.9. The predicted molar refractivity (Wildman–Crippen MR) is 88.1 cm³/mol. The maximum absolute atomic E-state index is 12.2. The highest BCUT2D eigenvalue weighted by Gasteiger charge is 2.21. The number of carbonyl (C=O) groups excluding carboxylic acids is 1. The summed E-state index contributed by atoms with van der Waals surface area (Å²) < 4.78 is 22.5. The van der Waals surface area contributed by atoms with E-state index in [1.54, 1.807) is 6.07 Å². The fraction of sp³-hybridized carbons (Fsp3) is 0.333. The first-order valence-electron chi connectivity index (χ1n) is 6.61. The van der Waals surface area contributed by atoms with Crippen molar-refractivity contribution < 1.29 is 13.2 Å². The van der Waals surface area contributed by atoms with Gasteiger partial charge in [-0.3, -0.25) is 9.89 Å². The Morgan fingerprint density at radius 1 is 1.43 bits per heavy atom. The summed E-state index contributed by atoms with van der Waals surface area (Å²) in [6.45, 7) is 1.71. The number of hydrogen-bond donors (Lipinski definition) is 4. The largest absolute Gasteiger partial charge is 0.346 e. The zero-order valence-corrected chi connectivity index (χ0v) is 14.4. The Hall–Kier alpha value is -1.46. The molecule has 126 valence electrons. The molecular formula is C12H16ClN5O3S2. The molecule has 8 nitrogen and oxygen atoms in total. The Balaban J connectivity index is 0.00000192. The molecule has 5 N–H and O–H groups in total. The monoisotopic (exact) mass is 377 g/mol. The molecule has 2 aromatic heterocycles. The van der Waals surface area contributed by atoms with Crippen molar-refractivity contribution >= 4 is 39.7 Å². The molecule has 1 amide bonds. The van der Waals surface area contributed by atoms with Gasteiger partial charge in [0.15, 0.2) is 5.69 Å². The van der Waals surface area contributed by atoms with Crippen LogP contribution in [0.5, 0.6) is 0 Å². The van der Waals surface area contributed by atoms with E-state index in [0.717, 1.165) is 35.6 Å². The molecule has 0 saturated heterocycles. The molecule has 1 aliphatic heterocycles. The zero-order valence-electron chi connectivity index (χ0n) is 12.0. The van der Waals surface area contributed by atoms with Crippen LogP contribution in [0.3, 0.4) is 0 Å². The summed E-state index contributed by atoms with van der Waals surface area (Å²) in [6, 6.07) is 3.06. The topological polar surface area (TPSA) is 130 Å². The lowest BCUT2D eigenvalue weighted by Gasteiger charge is -2.12. The lowest BCUT2D eigenvalue weighted by atomic mass is 10.1. The second-order valence-electron chi connectivity index (χ2n) is 4.90. The highest BCUT2D eigenvalue weighted by atomic mass is 35.5. The number of amides is 1. The molecule has 3 heterocycles. The number of fused-ring (bicyclic) bond motifs is 1. The van der Waals surface area contributed by atoms with E-state index in [1.807, 2.05) is 0 Å². The minimum atomic E-state index is -3.70. The van der Waals surface area contributed by atoms with Gasteiger partial charge in [-0.05, 0) is 12.1 Å². The van der Waals surface area contributed by atoms with Crippen LogP contribution >= 0.6 is 23.7 Å². The van der Waals surface area contributed by atoms with Crippen LogP contribution in [0, 0.1) is 0 Å². The van der Waals surface area contributed by atoms with Gasteiger partial charge in [-0.2, -0.15) is 5.10 Å². The number of carbonyl (C=O) groups is 1. The molecule has 0 aliphatic carbocycles. The van der Waals surface area contributed by atoms with E-state index in [0.29, 0.717) is 17.1 Å². The van der Waals surface area contributed by atoms with Crippen LogP contribution < -0.4 is 15.8 Å². The van der Waals surface area contributed by atoms with Crippen LogP contribution in [0.4, 0.5) is 0 Å². The van der Waals surface area contributed by atoms with Gasteiger partial charge < -0.3 is 10.6 Å². The molecule has 11 heteroatoms. The van der Waals surface area contributed by atoms with Crippen molar-refractivity contribution in [1.29, 1.82) is 0 Å². The Morgan fingerprint density at radius 3 is 2.91 bits per heavy atom. The van der Waals surface area contributed by atoms with E-state index in [9.17, 15) is 13.2 Å². The number of aromatic amines is 1. The van der Waals surface area contributed by atoms with Crippen molar-refractivity contribution in [3.63, 3.8) is 0 Å². The van der Waals surface area contributed by atoms with Crippen LogP contribution in [0.25, 0.3) is 0 Å². The molecule has 0 spiro atoms. The molecule has 2 aromatic rings. The number of nitrogens with one attached hydrogen (secondary N) is 3. The fourth-order valence-electron chi connectivity index (χ4n) is 2.27. The summed E-state index contributed by atoms with van der Waals surface area (Å²) in [5, 5.41) is 17.9. The number of aromatic nitrogens is 2. The molecule has 1 aliphatic rings. The van der Waals surface area contributed by atoms with Crippen molar-refractivity contribution in [3.8, 4) is 0 Å². The summed E-state index contributed by atoms with van der Waals surface area (Å²) in [4.78, 5) is 12.9. The first-order chi connectivity index (χ1) is 10.4. The highest BCUT2D eigenvalue weighted by Crippen LogP contribution is 2.20. The Kier molecular flexibility index (Phi) is 5.42. The second-order valence-corrected chi connectivity index (χ2v) is 7.86. The minimum absolute atomic E-state index is 0. The molecular weight excluding hydrogens is 362 g/mol. The number of H-pyrrole nitrogens is 1. The zero-order chi connectivity index (χ0) is 15.7. The van der Waals surface area contributed by atoms with Gasteiger partial charge >= 0.3 is 0 Å². The summed E-state index contributed by atoms with van der Waals surface area (Å²) >= 11 is 1.04. The van der Waals surface area contributed by atoms with Crippen LogP contribution in [-0.2, 0) is 29.5 Å². The molecule has 23 heavy (non-hydrogen) atoms. The molecule has 0 unspecified atom stereocenters. The quantitative estimate of drug-likeness (QED) is 0.601. The molecule has 0 radical (unpaired) electrons. The van der Waals surface area contributed by atoms with Gasteiger partial charge in [0.05, 0.1) is 6.54 Å².